The van der Waals surface area contributed by atoms with Crippen LogP contribution in [0.5, 0.6) is 0 Å². The third-order valence-electron chi connectivity index (χ3n) is 3.16. The van der Waals surface area contributed by atoms with Crippen molar-refractivity contribution in [3.05, 3.63) is 41.5 Å². The Balaban J connectivity index is 2.44. The van der Waals surface area contributed by atoms with Crippen LogP contribution in [-0.4, -0.2) is 16.3 Å². The van der Waals surface area contributed by atoms with Gasteiger partial charge < -0.3 is 5.73 Å². The van der Waals surface area contributed by atoms with Gasteiger partial charge in [0, 0.05) is 16.9 Å². The van der Waals surface area contributed by atoms with Crippen molar-refractivity contribution in [3.8, 4) is 0 Å². The topological polar surface area (TPSA) is 43.8 Å². The Hall–Kier alpha value is -1.33. The number of rotatable bonds is 4. The minimum absolute atomic E-state index is 0.0290. The van der Waals surface area contributed by atoms with E-state index in [4.69, 9.17) is 5.73 Å². The Morgan fingerprint density at radius 3 is 2.38 bits per heavy atom. The van der Waals surface area contributed by atoms with Gasteiger partial charge in [-0.25, -0.2) is 4.39 Å². The molecule has 1 aromatic carbocycles. The van der Waals surface area contributed by atoms with Crippen molar-refractivity contribution in [2.75, 3.05) is 6.54 Å². The Labute approximate surface area is 129 Å². The lowest BCUT2D eigenvalue weighted by molar-refractivity contribution is 0.481. The van der Waals surface area contributed by atoms with Crippen molar-refractivity contribution in [2.45, 2.75) is 49.4 Å². The molecule has 0 atom stereocenters. The quantitative estimate of drug-likeness (QED) is 0.936. The molecular weight excluding hydrogens is 285 g/mol. The number of hydrogen-bond donors (Lipinski definition) is 1. The van der Waals surface area contributed by atoms with E-state index in [0.717, 1.165) is 15.5 Å². The summed E-state index contributed by atoms with van der Waals surface area (Å²) in [5.41, 5.74) is 7.83. The van der Waals surface area contributed by atoms with Crippen molar-refractivity contribution >= 4 is 11.8 Å². The summed E-state index contributed by atoms with van der Waals surface area (Å²) in [6.45, 7) is 9.79. The van der Waals surface area contributed by atoms with E-state index in [1.54, 1.807) is 23.9 Å². The molecule has 0 saturated heterocycles. The minimum Gasteiger partial charge on any atom is -0.329 e. The summed E-state index contributed by atoms with van der Waals surface area (Å²) in [6, 6.07) is 6.57. The van der Waals surface area contributed by atoms with Gasteiger partial charge in [0.2, 0.25) is 0 Å². The number of nitrogens with zero attached hydrogens (tertiary/aromatic N) is 2. The molecule has 0 amide bonds. The normalized spacial score (nSPS) is 11.9. The predicted molar refractivity (Wildman–Crippen MR) is 85.2 cm³/mol. The lowest BCUT2D eigenvalue weighted by Gasteiger charge is -2.22. The van der Waals surface area contributed by atoms with Crippen LogP contribution >= 0.6 is 11.8 Å². The van der Waals surface area contributed by atoms with Crippen LogP contribution in [0.2, 0.25) is 0 Å². The lowest BCUT2D eigenvalue weighted by atomic mass is 9.91. The molecule has 5 heteroatoms. The first kappa shape index (κ1) is 16.0. The monoisotopic (exact) mass is 307 g/mol. The second-order valence-electron chi connectivity index (χ2n) is 6.08. The Morgan fingerprint density at radius 2 is 1.86 bits per heavy atom. The van der Waals surface area contributed by atoms with Gasteiger partial charge in [-0.15, -0.1) is 0 Å². The molecule has 2 rings (SSSR count). The zero-order chi connectivity index (χ0) is 15.6. The largest absolute Gasteiger partial charge is 0.329 e. The summed E-state index contributed by atoms with van der Waals surface area (Å²) < 4.78 is 15.0. The maximum atomic E-state index is 13.0. The van der Waals surface area contributed by atoms with Crippen molar-refractivity contribution in [3.63, 3.8) is 0 Å². The van der Waals surface area contributed by atoms with Gasteiger partial charge in [-0.05, 0) is 31.2 Å². The summed E-state index contributed by atoms with van der Waals surface area (Å²) in [5, 5.41) is 4.62. The first-order chi connectivity index (χ1) is 9.82. The highest BCUT2D eigenvalue weighted by atomic mass is 32.2. The first-order valence-corrected chi connectivity index (χ1v) is 7.86. The standard InChI is InChI=1S/C16H22FN3S/c1-11-14(21-13-7-5-12(17)6-8-13)15(16(2,3)4)20(19-11)10-9-18/h5-8H,9-10,18H2,1-4H3. The molecule has 0 saturated carbocycles. The molecule has 0 radical (unpaired) electrons. The van der Waals surface area contributed by atoms with E-state index in [1.807, 2.05) is 11.6 Å². The average Bonchev–Trinajstić information content (AvgIpc) is 2.69. The minimum atomic E-state index is -0.217. The van der Waals surface area contributed by atoms with Crippen LogP contribution in [-0.2, 0) is 12.0 Å². The second-order valence-corrected chi connectivity index (χ2v) is 7.16. The second kappa shape index (κ2) is 6.20. The van der Waals surface area contributed by atoms with Crippen LogP contribution in [0.25, 0.3) is 0 Å². The zero-order valence-electron chi connectivity index (χ0n) is 13.0. The molecule has 0 bridgehead atoms. The van der Waals surface area contributed by atoms with Gasteiger partial charge >= 0.3 is 0 Å². The van der Waals surface area contributed by atoms with Gasteiger partial charge in [-0.2, -0.15) is 5.10 Å². The number of aromatic nitrogens is 2. The fourth-order valence-corrected chi connectivity index (χ4v) is 3.52. The molecule has 2 N–H and O–H groups in total. The molecule has 114 valence electrons. The van der Waals surface area contributed by atoms with Crippen LogP contribution in [0.15, 0.2) is 34.1 Å². The van der Waals surface area contributed by atoms with Gasteiger partial charge in [0.1, 0.15) is 5.82 Å². The van der Waals surface area contributed by atoms with Gasteiger partial charge in [-0.1, -0.05) is 32.5 Å². The maximum Gasteiger partial charge on any atom is 0.123 e. The first-order valence-electron chi connectivity index (χ1n) is 7.04. The highest BCUT2D eigenvalue weighted by molar-refractivity contribution is 7.99. The molecular formula is C16H22FN3S. The van der Waals surface area contributed by atoms with Crippen LogP contribution in [0, 0.1) is 12.7 Å². The number of benzene rings is 1. The zero-order valence-corrected chi connectivity index (χ0v) is 13.8. The molecule has 2 aromatic rings. The van der Waals surface area contributed by atoms with Crippen LogP contribution in [0.3, 0.4) is 0 Å². The maximum absolute atomic E-state index is 13.0. The lowest BCUT2D eigenvalue weighted by Crippen LogP contribution is -2.22. The van der Waals surface area contributed by atoms with E-state index in [0.29, 0.717) is 13.1 Å². The number of aryl methyl sites for hydroxylation is 1. The van der Waals surface area contributed by atoms with Crippen LogP contribution in [0.1, 0.15) is 32.2 Å². The summed E-state index contributed by atoms with van der Waals surface area (Å²) in [7, 11) is 0. The smallest absolute Gasteiger partial charge is 0.123 e. The SMILES string of the molecule is Cc1nn(CCN)c(C(C)(C)C)c1Sc1ccc(F)cc1. The van der Waals surface area contributed by atoms with Gasteiger partial charge in [0.05, 0.1) is 22.8 Å². The number of nitrogens with two attached hydrogens (primary N) is 1. The van der Waals surface area contributed by atoms with Crippen molar-refractivity contribution < 1.29 is 4.39 Å². The Morgan fingerprint density at radius 1 is 1.24 bits per heavy atom. The fourth-order valence-electron chi connectivity index (χ4n) is 2.32. The van der Waals surface area contributed by atoms with E-state index >= 15 is 0 Å². The third kappa shape index (κ3) is 3.66. The predicted octanol–water partition coefficient (Wildman–Crippen LogP) is 3.74. The van der Waals surface area contributed by atoms with Gasteiger partial charge in [0.15, 0.2) is 0 Å². The van der Waals surface area contributed by atoms with Crippen LogP contribution < -0.4 is 5.73 Å². The van der Waals surface area contributed by atoms with Crippen LogP contribution in [0.4, 0.5) is 4.39 Å². The summed E-state index contributed by atoms with van der Waals surface area (Å²) in [6.07, 6.45) is 0. The summed E-state index contributed by atoms with van der Waals surface area (Å²) >= 11 is 1.63. The van der Waals surface area contributed by atoms with Crippen molar-refractivity contribution in [2.24, 2.45) is 5.73 Å². The molecule has 0 aliphatic rings. The van der Waals surface area contributed by atoms with E-state index in [2.05, 4.69) is 25.9 Å². The third-order valence-corrected chi connectivity index (χ3v) is 4.36. The van der Waals surface area contributed by atoms with E-state index < -0.39 is 0 Å². The van der Waals surface area contributed by atoms with E-state index in [-0.39, 0.29) is 11.2 Å². The fraction of sp³-hybridized carbons (Fsp3) is 0.438. The average molecular weight is 307 g/mol. The molecule has 3 nitrogen and oxygen atoms in total. The molecule has 0 spiro atoms. The van der Waals surface area contributed by atoms with Gasteiger partial charge in [-0.3, -0.25) is 4.68 Å². The Kier molecular flexibility index (Phi) is 4.74. The van der Waals surface area contributed by atoms with Crippen molar-refractivity contribution in [1.82, 2.24) is 9.78 Å². The molecule has 0 aliphatic carbocycles. The summed E-state index contributed by atoms with van der Waals surface area (Å²) in [4.78, 5) is 2.15. The van der Waals surface area contributed by atoms with Gasteiger partial charge in [0.25, 0.3) is 0 Å². The summed E-state index contributed by atoms with van der Waals surface area (Å²) in [5.74, 6) is -0.217. The van der Waals surface area contributed by atoms with E-state index in [9.17, 15) is 4.39 Å². The van der Waals surface area contributed by atoms with Crippen molar-refractivity contribution in [1.29, 1.82) is 0 Å². The number of hydrogen-bond acceptors (Lipinski definition) is 3. The number of halogens is 1. The Bertz CT molecular complexity index is 612. The molecule has 0 aliphatic heterocycles. The highest BCUT2D eigenvalue weighted by Gasteiger charge is 2.26. The molecule has 0 fully saturated rings. The molecule has 1 heterocycles. The molecule has 1 aromatic heterocycles. The van der Waals surface area contributed by atoms with E-state index in [1.165, 1.54) is 17.8 Å². The molecule has 21 heavy (non-hydrogen) atoms. The molecule has 0 unspecified atom stereocenters. The highest BCUT2D eigenvalue weighted by Crippen LogP contribution is 2.38.